The minimum absolute atomic E-state index is 0. The van der Waals surface area contributed by atoms with Gasteiger partial charge in [0.05, 0.1) is 0 Å². The Morgan fingerprint density at radius 1 is 0.757 bits per heavy atom. The number of pyridine rings is 1. The van der Waals surface area contributed by atoms with Crippen molar-refractivity contribution in [2.24, 2.45) is 4.99 Å². The topological polar surface area (TPSA) is 57.6 Å². The predicted molar refractivity (Wildman–Crippen MR) is 159 cm³/mol. The number of benzene rings is 1. The Morgan fingerprint density at radius 3 is 1.92 bits per heavy atom. The number of anilines is 1. The minimum atomic E-state index is 0. The molecular weight excluding hydrogens is 480 g/mol. The van der Waals surface area contributed by atoms with Crippen molar-refractivity contribution in [3.05, 3.63) is 54.2 Å². The average molecular weight is 527 g/mol. The Bertz CT molecular complexity index is 918. The van der Waals surface area contributed by atoms with Crippen LogP contribution in [0.1, 0.15) is 115 Å². The first-order chi connectivity index (χ1) is 17.8. The summed E-state index contributed by atoms with van der Waals surface area (Å²) in [5, 5.41) is 1.60. The molecule has 1 N–H and O–H groups in total. The molecule has 0 atom stereocenters. The number of hydrazine groups is 1. The highest BCUT2D eigenvalue weighted by Crippen LogP contribution is 2.29. The van der Waals surface area contributed by atoms with Gasteiger partial charge in [0.25, 0.3) is 0 Å². The molecule has 0 fully saturated rings. The summed E-state index contributed by atoms with van der Waals surface area (Å²) in [5.41, 5.74) is 5.13. The number of hydrogen-bond donors (Lipinski definition) is 1. The molecule has 0 aliphatic carbocycles. The van der Waals surface area contributed by atoms with E-state index in [1.165, 1.54) is 83.5 Å². The largest absolute Gasteiger partial charge is 0.276 e. The number of carbonyl (C=O) groups is 1. The summed E-state index contributed by atoms with van der Waals surface area (Å²) in [6.45, 7) is 2.28. The second kappa shape index (κ2) is 18.8. The number of aliphatic imine (C=N–C) groups is 1. The zero-order chi connectivity index (χ0) is 25.3. The molecule has 0 bridgehead atoms. The maximum absolute atomic E-state index is 13.1. The van der Waals surface area contributed by atoms with E-state index in [-0.39, 0.29) is 18.3 Å². The molecule has 1 aliphatic rings. The molecule has 3 rings (SSSR count). The van der Waals surface area contributed by atoms with Crippen molar-refractivity contribution in [3.63, 3.8) is 0 Å². The molecule has 1 aromatic heterocycles. The van der Waals surface area contributed by atoms with E-state index >= 15 is 0 Å². The van der Waals surface area contributed by atoms with Gasteiger partial charge in [0.15, 0.2) is 5.82 Å². The first-order valence-electron chi connectivity index (χ1n) is 14.4. The molecule has 0 saturated heterocycles. The molecule has 0 radical (unpaired) electrons. The van der Waals surface area contributed by atoms with E-state index in [0.717, 1.165) is 29.9 Å². The number of nitrogens with one attached hydrogen (secondary N) is 1. The standard InChI is InChI=1S/C31H46N4O.ClH/c1-2-3-4-5-6-7-8-9-10-11-12-13-14-15-19-24-30(36)35-31-28(23-20-25-32-31)33-29(34-35)26-27-21-17-16-18-22-27;/h16-18,20-23,25H,2-15,19,24,26H2,1H3,(H,33,34);1H. The van der Waals surface area contributed by atoms with Crippen molar-refractivity contribution in [3.8, 4) is 0 Å². The Labute approximate surface area is 230 Å². The fraction of sp³-hybridized carbons (Fsp3) is 0.581. The maximum atomic E-state index is 13.1. The van der Waals surface area contributed by atoms with Crippen LogP contribution in [-0.4, -0.2) is 16.7 Å². The molecular formula is C31H47ClN4O. The number of unbranched alkanes of at least 4 members (excludes halogenated alkanes) is 14. The van der Waals surface area contributed by atoms with Crippen LogP contribution in [-0.2, 0) is 11.2 Å². The van der Waals surface area contributed by atoms with Gasteiger partial charge in [-0.15, -0.1) is 12.4 Å². The predicted octanol–water partition coefficient (Wildman–Crippen LogP) is 8.89. The molecule has 204 valence electrons. The molecule has 0 unspecified atom stereocenters. The van der Waals surface area contributed by atoms with E-state index in [0.29, 0.717) is 18.7 Å². The minimum Gasteiger partial charge on any atom is -0.276 e. The molecule has 2 aromatic rings. The Balaban J connectivity index is 0.00000481. The van der Waals surface area contributed by atoms with Crippen molar-refractivity contribution in [1.29, 1.82) is 0 Å². The third-order valence-corrected chi connectivity index (χ3v) is 6.93. The Hall–Kier alpha value is -2.40. The molecule has 0 spiro atoms. The first-order valence-corrected chi connectivity index (χ1v) is 14.4. The number of halogens is 1. The van der Waals surface area contributed by atoms with Gasteiger partial charge in [-0.05, 0) is 24.1 Å². The van der Waals surface area contributed by atoms with Gasteiger partial charge in [0.2, 0.25) is 5.91 Å². The van der Waals surface area contributed by atoms with Gasteiger partial charge in [-0.25, -0.2) is 15.0 Å². The van der Waals surface area contributed by atoms with Crippen LogP contribution in [0.15, 0.2) is 53.7 Å². The lowest BCUT2D eigenvalue weighted by atomic mass is 10.0. The van der Waals surface area contributed by atoms with Gasteiger partial charge >= 0.3 is 0 Å². The molecule has 1 amide bonds. The number of carbonyl (C=O) groups excluding carboxylic acids is 1. The average Bonchev–Trinajstić information content (AvgIpc) is 2.91. The van der Waals surface area contributed by atoms with E-state index in [1.807, 2.05) is 30.3 Å². The van der Waals surface area contributed by atoms with Gasteiger partial charge in [0, 0.05) is 19.0 Å². The lowest BCUT2D eigenvalue weighted by molar-refractivity contribution is -0.119. The molecule has 2 heterocycles. The zero-order valence-corrected chi connectivity index (χ0v) is 23.6. The molecule has 0 saturated carbocycles. The number of rotatable bonds is 18. The fourth-order valence-corrected chi connectivity index (χ4v) is 4.81. The molecule has 6 heteroatoms. The van der Waals surface area contributed by atoms with E-state index in [1.54, 1.807) is 11.2 Å². The molecule has 5 nitrogen and oxygen atoms in total. The lowest BCUT2D eigenvalue weighted by Crippen LogP contribution is -2.49. The highest BCUT2D eigenvalue weighted by molar-refractivity contribution is 6.02. The maximum Gasteiger partial charge on any atom is 0.247 e. The number of amidine groups is 1. The lowest BCUT2D eigenvalue weighted by Gasteiger charge is -2.29. The number of amides is 1. The van der Waals surface area contributed by atoms with Crippen LogP contribution in [0.25, 0.3) is 0 Å². The molecule has 1 aromatic carbocycles. The summed E-state index contributed by atoms with van der Waals surface area (Å²) < 4.78 is 0. The Morgan fingerprint density at radius 2 is 1.32 bits per heavy atom. The number of aromatic nitrogens is 1. The van der Waals surface area contributed by atoms with Crippen molar-refractivity contribution >= 4 is 35.7 Å². The summed E-state index contributed by atoms with van der Waals surface area (Å²) >= 11 is 0. The highest BCUT2D eigenvalue weighted by Gasteiger charge is 2.25. The third-order valence-electron chi connectivity index (χ3n) is 6.93. The summed E-state index contributed by atoms with van der Waals surface area (Å²) in [6, 6.07) is 14.0. The van der Waals surface area contributed by atoms with E-state index in [2.05, 4.69) is 29.5 Å². The quantitative estimate of drug-likeness (QED) is 0.197. The van der Waals surface area contributed by atoms with Crippen molar-refractivity contribution in [2.45, 2.75) is 116 Å². The monoisotopic (exact) mass is 526 g/mol. The van der Waals surface area contributed by atoms with Crippen LogP contribution in [0.2, 0.25) is 0 Å². The highest BCUT2D eigenvalue weighted by atomic mass is 35.5. The van der Waals surface area contributed by atoms with Gasteiger partial charge in [-0.2, -0.15) is 0 Å². The number of hydrogen-bond acceptors (Lipinski definition) is 4. The number of fused-ring (bicyclic) bond motifs is 1. The Kier molecular flexibility index (Phi) is 15.6. The van der Waals surface area contributed by atoms with Crippen LogP contribution in [0, 0.1) is 0 Å². The second-order valence-corrected chi connectivity index (χ2v) is 10.1. The van der Waals surface area contributed by atoms with Crippen molar-refractivity contribution in [2.75, 3.05) is 5.01 Å². The van der Waals surface area contributed by atoms with Crippen LogP contribution < -0.4 is 10.4 Å². The van der Waals surface area contributed by atoms with Crippen LogP contribution in [0.5, 0.6) is 0 Å². The molecule has 1 aliphatic heterocycles. The van der Waals surface area contributed by atoms with E-state index in [9.17, 15) is 4.79 Å². The van der Waals surface area contributed by atoms with Gasteiger partial charge in [-0.3, -0.25) is 10.2 Å². The SMILES string of the molecule is CCCCCCCCCCCCCCCCCC(=O)N1NC(Cc2ccccc2)=Nc2cccnc21.Cl. The fourth-order valence-electron chi connectivity index (χ4n) is 4.81. The van der Waals surface area contributed by atoms with Gasteiger partial charge < -0.3 is 0 Å². The van der Waals surface area contributed by atoms with Gasteiger partial charge in [-0.1, -0.05) is 127 Å². The van der Waals surface area contributed by atoms with Crippen LogP contribution in [0.3, 0.4) is 0 Å². The summed E-state index contributed by atoms with van der Waals surface area (Å²) in [7, 11) is 0. The van der Waals surface area contributed by atoms with Gasteiger partial charge in [0.1, 0.15) is 11.5 Å². The van der Waals surface area contributed by atoms with E-state index < -0.39 is 0 Å². The van der Waals surface area contributed by atoms with Crippen molar-refractivity contribution < 1.29 is 4.79 Å². The summed E-state index contributed by atoms with van der Waals surface area (Å²) in [4.78, 5) is 22.2. The van der Waals surface area contributed by atoms with Crippen molar-refractivity contribution in [1.82, 2.24) is 10.4 Å². The second-order valence-electron chi connectivity index (χ2n) is 10.1. The van der Waals surface area contributed by atoms with Crippen LogP contribution >= 0.6 is 12.4 Å². The summed E-state index contributed by atoms with van der Waals surface area (Å²) in [5.74, 6) is 1.43. The number of nitrogens with zero attached hydrogens (tertiary/aromatic N) is 3. The van der Waals surface area contributed by atoms with E-state index in [4.69, 9.17) is 4.99 Å². The molecule has 37 heavy (non-hydrogen) atoms. The summed E-state index contributed by atoms with van der Waals surface area (Å²) in [6.07, 6.45) is 22.7. The normalized spacial score (nSPS) is 12.4. The smallest absolute Gasteiger partial charge is 0.247 e. The van der Waals surface area contributed by atoms with Crippen LogP contribution in [0.4, 0.5) is 11.5 Å². The third kappa shape index (κ3) is 11.7. The zero-order valence-electron chi connectivity index (χ0n) is 22.8. The first kappa shape index (κ1) is 30.8.